The van der Waals surface area contributed by atoms with Crippen LogP contribution in [0.2, 0.25) is 0 Å². The van der Waals surface area contributed by atoms with Crippen molar-refractivity contribution in [2.75, 3.05) is 38.1 Å². The van der Waals surface area contributed by atoms with Crippen molar-refractivity contribution < 1.29 is 9.59 Å². The zero-order valence-electron chi connectivity index (χ0n) is 17.3. The summed E-state index contributed by atoms with van der Waals surface area (Å²) < 4.78 is 0. The van der Waals surface area contributed by atoms with Gasteiger partial charge in [-0.3, -0.25) is 9.59 Å². The molecule has 158 valence electrons. The second-order valence-corrected chi connectivity index (χ2v) is 8.92. The van der Waals surface area contributed by atoms with E-state index in [9.17, 15) is 9.59 Å². The molecule has 2 amide bonds. The summed E-state index contributed by atoms with van der Waals surface area (Å²) in [4.78, 5) is 38.3. The molecule has 1 aromatic carbocycles. The van der Waals surface area contributed by atoms with Crippen LogP contribution in [0, 0.1) is 0 Å². The Hall–Kier alpha value is -3.19. The molecule has 1 saturated heterocycles. The molecule has 6 nitrogen and oxygen atoms in total. The van der Waals surface area contributed by atoms with Crippen LogP contribution in [0.15, 0.2) is 66.2 Å². The molecule has 2 aliphatic rings. The lowest BCUT2D eigenvalue weighted by Gasteiger charge is -2.43. The van der Waals surface area contributed by atoms with E-state index in [2.05, 4.69) is 9.88 Å². The lowest BCUT2D eigenvalue weighted by Crippen LogP contribution is -2.53. The highest BCUT2D eigenvalue weighted by molar-refractivity contribution is 7.10. The van der Waals surface area contributed by atoms with Gasteiger partial charge in [-0.25, -0.2) is 4.98 Å². The number of pyridine rings is 1. The molecule has 2 aliphatic heterocycles. The molecule has 2 atom stereocenters. The Labute approximate surface area is 185 Å². The average molecular weight is 433 g/mol. The molecule has 0 spiro atoms. The molecule has 5 rings (SSSR count). The van der Waals surface area contributed by atoms with Gasteiger partial charge in [0.15, 0.2) is 0 Å². The third-order valence-corrected chi connectivity index (χ3v) is 7.19. The number of benzene rings is 1. The Morgan fingerprint density at radius 2 is 1.77 bits per heavy atom. The summed E-state index contributed by atoms with van der Waals surface area (Å²) in [6, 6.07) is 17.2. The van der Waals surface area contributed by atoms with Gasteiger partial charge in [0.1, 0.15) is 5.82 Å². The highest BCUT2D eigenvalue weighted by atomic mass is 32.1. The highest BCUT2D eigenvalue weighted by Gasteiger charge is 2.44. The highest BCUT2D eigenvalue weighted by Crippen LogP contribution is 2.44. The van der Waals surface area contributed by atoms with E-state index >= 15 is 0 Å². The largest absolute Gasteiger partial charge is 0.353 e. The topological polar surface area (TPSA) is 56.8 Å². The molecule has 1 fully saturated rings. The summed E-state index contributed by atoms with van der Waals surface area (Å²) >= 11 is 1.59. The van der Waals surface area contributed by atoms with Crippen molar-refractivity contribution in [1.29, 1.82) is 0 Å². The smallest absolute Gasteiger partial charge is 0.254 e. The molecule has 0 aliphatic carbocycles. The molecule has 0 unspecified atom stereocenters. The second-order valence-electron chi connectivity index (χ2n) is 7.94. The third kappa shape index (κ3) is 3.49. The van der Waals surface area contributed by atoms with E-state index in [0.717, 1.165) is 29.3 Å². The van der Waals surface area contributed by atoms with Crippen molar-refractivity contribution in [2.24, 2.45) is 0 Å². The number of carbonyl (C=O) groups is 2. The van der Waals surface area contributed by atoms with Crippen LogP contribution in [-0.4, -0.2) is 59.8 Å². The van der Waals surface area contributed by atoms with Crippen LogP contribution in [0.25, 0.3) is 0 Å². The Kier molecular flexibility index (Phi) is 5.19. The maximum Gasteiger partial charge on any atom is 0.254 e. The molecule has 7 heteroatoms. The summed E-state index contributed by atoms with van der Waals surface area (Å²) in [6.45, 7) is 2.77. The fourth-order valence-corrected chi connectivity index (χ4v) is 5.55. The summed E-state index contributed by atoms with van der Waals surface area (Å²) in [7, 11) is 1.81. The van der Waals surface area contributed by atoms with Crippen molar-refractivity contribution in [2.45, 2.75) is 12.0 Å². The number of aromatic nitrogens is 1. The van der Waals surface area contributed by atoms with Gasteiger partial charge in [0.05, 0.1) is 12.0 Å². The molecule has 4 heterocycles. The minimum absolute atomic E-state index is 0.0296. The number of piperazine rings is 1. The van der Waals surface area contributed by atoms with Gasteiger partial charge in [0.2, 0.25) is 5.91 Å². The van der Waals surface area contributed by atoms with Crippen molar-refractivity contribution >= 4 is 29.0 Å². The van der Waals surface area contributed by atoms with Gasteiger partial charge in [-0.2, -0.15) is 0 Å². The molecule has 0 radical (unpaired) electrons. The molecule has 0 bridgehead atoms. The standard InChI is InChI=1S/C24H24N4O2S/c1-26-22(19-9-6-16-31-19)21(17-7-2-3-8-18(17)23(26)29)24(30)28-14-12-27(13-15-28)20-10-4-5-11-25-20/h2-11,16,21-22H,12-15H2,1H3/t21-,22-/m0/s1. The molecule has 3 aromatic rings. The minimum atomic E-state index is -0.404. The first-order chi connectivity index (χ1) is 15.1. The summed E-state index contributed by atoms with van der Waals surface area (Å²) in [6.07, 6.45) is 1.80. The minimum Gasteiger partial charge on any atom is -0.353 e. The first kappa shape index (κ1) is 19.8. The van der Waals surface area contributed by atoms with Crippen molar-refractivity contribution in [3.8, 4) is 0 Å². The van der Waals surface area contributed by atoms with Gasteiger partial charge in [-0.05, 0) is 35.2 Å². The molecule has 0 saturated carbocycles. The van der Waals surface area contributed by atoms with Crippen LogP contribution in [0.3, 0.4) is 0 Å². The number of anilines is 1. The Balaban J connectivity index is 1.45. The van der Waals surface area contributed by atoms with E-state index in [1.54, 1.807) is 22.4 Å². The first-order valence-electron chi connectivity index (χ1n) is 10.5. The summed E-state index contributed by atoms with van der Waals surface area (Å²) in [5, 5.41) is 2.00. The van der Waals surface area contributed by atoms with Gasteiger partial charge in [-0.15, -0.1) is 11.3 Å². The van der Waals surface area contributed by atoms with Crippen molar-refractivity contribution in [1.82, 2.24) is 14.8 Å². The zero-order chi connectivity index (χ0) is 21.4. The van der Waals surface area contributed by atoms with Crippen LogP contribution in [0.4, 0.5) is 5.82 Å². The lowest BCUT2D eigenvalue weighted by atomic mass is 9.81. The van der Waals surface area contributed by atoms with Crippen LogP contribution in [-0.2, 0) is 4.79 Å². The summed E-state index contributed by atoms with van der Waals surface area (Å²) in [5.41, 5.74) is 1.46. The number of hydrogen-bond donors (Lipinski definition) is 0. The van der Waals surface area contributed by atoms with E-state index < -0.39 is 5.92 Å². The first-order valence-corrected chi connectivity index (χ1v) is 11.4. The monoisotopic (exact) mass is 432 g/mol. The van der Waals surface area contributed by atoms with E-state index in [1.165, 1.54) is 0 Å². The van der Waals surface area contributed by atoms with Gasteiger partial charge in [0, 0.05) is 49.9 Å². The Morgan fingerprint density at radius 3 is 2.48 bits per heavy atom. The lowest BCUT2D eigenvalue weighted by molar-refractivity contribution is -0.134. The summed E-state index contributed by atoms with van der Waals surface area (Å²) in [5.74, 6) is 0.599. The van der Waals surface area contributed by atoms with E-state index in [-0.39, 0.29) is 17.9 Å². The number of likely N-dealkylation sites (N-methyl/N-ethyl adjacent to an activating group) is 1. The fourth-order valence-electron chi connectivity index (χ4n) is 4.65. The molecule has 2 aromatic heterocycles. The van der Waals surface area contributed by atoms with Crippen LogP contribution in [0.5, 0.6) is 0 Å². The molecular weight excluding hydrogens is 408 g/mol. The average Bonchev–Trinajstić information content (AvgIpc) is 3.36. The van der Waals surface area contributed by atoms with Gasteiger partial charge < -0.3 is 14.7 Å². The molecular formula is C24H24N4O2S. The van der Waals surface area contributed by atoms with Crippen LogP contribution < -0.4 is 4.90 Å². The number of amides is 2. The van der Waals surface area contributed by atoms with Gasteiger partial charge in [-0.1, -0.05) is 30.3 Å². The second kappa shape index (κ2) is 8.15. The van der Waals surface area contributed by atoms with Gasteiger partial charge in [0.25, 0.3) is 5.91 Å². The number of hydrogen-bond acceptors (Lipinski definition) is 5. The van der Waals surface area contributed by atoms with E-state index in [1.807, 2.05) is 71.9 Å². The molecule has 0 N–H and O–H groups in total. The quantitative estimate of drug-likeness (QED) is 0.637. The number of thiophene rings is 1. The van der Waals surface area contributed by atoms with E-state index in [4.69, 9.17) is 0 Å². The molecule has 31 heavy (non-hydrogen) atoms. The number of rotatable bonds is 3. The van der Waals surface area contributed by atoms with Crippen molar-refractivity contribution in [3.05, 3.63) is 82.2 Å². The van der Waals surface area contributed by atoms with Gasteiger partial charge >= 0.3 is 0 Å². The number of nitrogens with zero attached hydrogens (tertiary/aromatic N) is 4. The predicted molar refractivity (Wildman–Crippen MR) is 121 cm³/mol. The Morgan fingerprint density at radius 1 is 1.00 bits per heavy atom. The van der Waals surface area contributed by atoms with Crippen LogP contribution >= 0.6 is 11.3 Å². The van der Waals surface area contributed by atoms with Crippen LogP contribution in [0.1, 0.15) is 32.8 Å². The normalized spacial score (nSPS) is 21.2. The maximum absolute atomic E-state index is 13.9. The number of carbonyl (C=O) groups excluding carboxylic acids is 2. The maximum atomic E-state index is 13.9. The number of fused-ring (bicyclic) bond motifs is 1. The third-order valence-electron chi connectivity index (χ3n) is 6.24. The SMILES string of the molecule is CN1C(=O)c2ccccc2[C@H](C(=O)N2CCN(c3ccccn3)CC2)[C@@H]1c1cccs1. The fraction of sp³-hybridized carbons (Fsp3) is 0.292. The predicted octanol–water partition coefficient (Wildman–Crippen LogP) is 3.40. The zero-order valence-corrected chi connectivity index (χ0v) is 18.2. The van der Waals surface area contributed by atoms with E-state index in [0.29, 0.717) is 18.7 Å². The van der Waals surface area contributed by atoms with Crippen molar-refractivity contribution in [3.63, 3.8) is 0 Å². The Bertz CT molecular complexity index is 1080.